The molecule has 3 rings (SSSR count). The van der Waals surface area contributed by atoms with E-state index in [2.05, 4.69) is 16.9 Å². The Morgan fingerprint density at radius 2 is 2.00 bits per heavy atom. The third kappa shape index (κ3) is 1.88. The number of aromatic nitrogens is 2. The van der Waals surface area contributed by atoms with Gasteiger partial charge in [-0.05, 0) is 36.8 Å². The Bertz CT molecular complexity index is 703. The van der Waals surface area contributed by atoms with Crippen molar-refractivity contribution >= 4 is 16.7 Å². The standard InChI is InChI=1S/C14H13N3O/c1-9-8-17-13-3-2-10(6-12(9)13)18-11-4-5-16-14(15)7-11/h2-8,17H,1H3,(H2,15,16). The minimum atomic E-state index is 0.450. The zero-order valence-electron chi connectivity index (χ0n) is 9.97. The molecular weight excluding hydrogens is 226 g/mol. The van der Waals surface area contributed by atoms with E-state index in [0.29, 0.717) is 11.6 Å². The van der Waals surface area contributed by atoms with E-state index in [-0.39, 0.29) is 0 Å². The Morgan fingerprint density at radius 1 is 1.17 bits per heavy atom. The van der Waals surface area contributed by atoms with Crippen LogP contribution in [-0.4, -0.2) is 9.97 Å². The molecular formula is C14H13N3O. The number of aryl methyl sites for hydroxylation is 1. The molecule has 2 aromatic heterocycles. The van der Waals surface area contributed by atoms with Crippen molar-refractivity contribution in [3.05, 3.63) is 48.3 Å². The normalized spacial score (nSPS) is 10.7. The molecule has 0 spiro atoms. The zero-order chi connectivity index (χ0) is 12.5. The van der Waals surface area contributed by atoms with Crippen LogP contribution >= 0.6 is 0 Å². The molecule has 0 atom stereocenters. The summed E-state index contributed by atoms with van der Waals surface area (Å²) in [6.07, 6.45) is 3.61. The summed E-state index contributed by atoms with van der Waals surface area (Å²) in [5.41, 5.74) is 7.92. The van der Waals surface area contributed by atoms with Crippen LogP contribution in [0.25, 0.3) is 10.9 Å². The van der Waals surface area contributed by atoms with Gasteiger partial charge in [0.15, 0.2) is 0 Å². The van der Waals surface area contributed by atoms with Crippen molar-refractivity contribution < 1.29 is 4.74 Å². The lowest BCUT2D eigenvalue weighted by atomic mass is 10.2. The molecule has 3 aromatic rings. The first-order valence-electron chi connectivity index (χ1n) is 5.69. The van der Waals surface area contributed by atoms with Crippen molar-refractivity contribution in [3.8, 4) is 11.5 Å². The second-order valence-corrected chi connectivity index (χ2v) is 4.20. The highest BCUT2D eigenvalue weighted by Crippen LogP contribution is 2.27. The average Bonchev–Trinajstić information content (AvgIpc) is 2.71. The molecule has 4 heteroatoms. The second kappa shape index (κ2) is 4.07. The number of fused-ring (bicyclic) bond motifs is 1. The van der Waals surface area contributed by atoms with Crippen LogP contribution < -0.4 is 10.5 Å². The first-order valence-corrected chi connectivity index (χ1v) is 5.69. The van der Waals surface area contributed by atoms with E-state index in [1.165, 1.54) is 5.56 Å². The summed E-state index contributed by atoms with van der Waals surface area (Å²) in [4.78, 5) is 7.13. The number of nitrogens with zero attached hydrogens (tertiary/aromatic N) is 1. The first kappa shape index (κ1) is 10.7. The molecule has 4 nitrogen and oxygen atoms in total. The Balaban J connectivity index is 1.97. The van der Waals surface area contributed by atoms with E-state index in [4.69, 9.17) is 10.5 Å². The fraction of sp³-hybridized carbons (Fsp3) is 0.0714. The SMILES string of the molecule is Cc1c[nH]c2ccc(Oc3ccnc(N)c3)cc12. The van der Waals surface area contributed by atoms with E-state index in [1.54, 1.807) is 18.3 Å². The van der Waals surface area contributed by atoms with Crippen LogP contribution in [0, 0.1) is 6.92 Å². The number of nitrogens with two attached hydrogens (primary N) is 1. The average molecular weight is 239 g/mol. The van der Waals surface area contributed by atoms with Gasteiger partial charge in [0.1, 0.15) is 17.3 Å². The maximum Gasteiger partial charge on any atom is 0.132 e. The van der Waals surface area contributed by atoms with E-state index in [1.807, 2.05) is 24.4 Å². The molecule has 0 fully saturated rings. The maximum atomic E-state index is 5.76. The number of nitrogen functional groups attached to an aromatic ring is 1. The van der Waals surface area contributed by atoms with Crippen molar-refractivity contribution in [2.75, 3.05) is 5.73 Å². The lowest BCUT2D eigenvalue weighted by molar-refractivity contribution is 0.483. The fourth-order valence-electron chi connectivity index (χ4n) is 1.93. The van der Waals surface area contributed by atoms with Crippen LogP contribution in [-0.2, 0) is 0 Å². The predicted molar refractivity (Wildman–Crippen MR) is 71.8 cm³/mol. The molecule has 3 N–H and O–H groups in total. The number of aromatic amines is 1. The molecule has 0 aliphatic heterocycles. The van der Waals surface area contributed by atoms with E-state index < -0.39 is 0 Å². The molecule has 0 amide bonds. The number of benzene rings is 1. The molecule has 0 aliphatic carbocycles. The van der Waals surface area contributed by atoms with Crippen molar-refractivity contribution in [1.29, 1.82) is 0 Å². The van der Waals surface area contributed by atoms with E-state index >= 15 is 0 Å². The Kier molecular flexibility index (Phi) is 2.41. The summed E-state index contributed by atoms with van der Waals surface area (Å²) in [5, 5.41) is 1.16. The largest absolute Gasteiger partial charge is 0.457 e. The molecule has 2 heterocycles. The van der Waals surface area contributed by atoms with Crippen molar-refractivity contribution in [3.63, 3.8) is 0 Å². The van der Waals surface area contributed by atoms with Crippen LogP contribution in [0.2, 0.25) is 0 Å². The Hall–Kier alpha value is -2.49. The van der Waals surface area contributed by atoms with Gasteiger partial charge in [-0.3, -0.25) is 0 Å². The predicted octanol–water partition coefficient (Wildman–Crippen LogP) is 3.25. The molecule has 0 radical (unpaired) electrons. The summed E-state index contributed by atoms with van der Waals surface area (Å²) < 4.78 is 5.76. The Labute approximate surface area is 104 Å². The molecule has 0 unspecified atom stereocenters. The lowest BCUT2D eigenvalue weighted by Crippen LogP contribution is -1.90. The number of ether oxygens (including phenoxy) is 1. The van der Waals surface area contributed by atoms with Gasteiger partial charge < -0.3 is 15.5 Å². The summed E-state index contributed by atoms with van der Waals surface area (Å²) in [5.74, 6) is 1.93. The van der Waals surface area contributed by atoms with Gasteiger partial charge in [-0.2, -0.15) is 0 Å². The number of anilines is 1. The van der Waals surface area contributed by atoms with Crippen LogP contribution in [0.3, 0.4) is 0 Å². The van der Waals surface area contributed by atoms with Crippen LogP contribution in [0.4, 0.5) is 5.82 Å². The third-order valence-corrected chi connectivity index (χ3v) is 2.85. The molecule has 0 bridgehead atoms. The van der Waals surface area contributed by atoms with Crippen LogP contribution in [0.1, 0.15) is 5.56 Å². The van der Waals surface area contributed by atoms with Gasteiger partial charge in [-0.25, -0.2) is 4.98 Å². The number of hydrogen-bond donors (Lipinski definition) is 2. The van der Waals surface area contributed by atoms with Gasteiger partial charge in [0.05, 0.1) is 0 Å². The van der Waals surface area contributed by atoms with Gasteiger partial charge in [-0.15, -0.1) is 0 Å². The maximum absolute atomic E-state index is 5.76. The summed E-state index contributed by atoms with van der Waals surface area (Å²) in [6, 6.07) is 9.42. The van der Waals surface area contributed by atoms with E-state index in [9.17, 15) is 0 Å². The van der Waals surface area contributed by atoms with Crippen LogP contribution in [0.15, 0.2) is 42.7 Å². The van der Waals surface area contributed by atoms with E-state index in [0.717, 1.165) is 16.7 Å². The summed E-state index contributed by atoms with van der Waals surface area (Å²) in [6.45, 7) is 2.06. The van der Waals surface area contributed by atoms with Gasteiger partial charge in [0, 0.05) is 29.4 Å². The molecule has 0 saturated carbocycles. The number of pyridine rings is 1. The molecule has 1 aromatic carbocycles. The highest BCUT2D eigenvalue weighted by Gasteiger charge is 2.03. The molecule has 0 aliphatic rings. The topological polar surface area (TPSA) is 63.9 Å². The smallest absolute Gasteiger partial charge is 0.132 e. The monoisotopic (exact) mass is 239 g/mol. The van der Waals surface area contributed by atoms with Gasteiger partial charge in [0.2, 0.25) is 0 Å². The number of hydrogen-bond acceptors (Lipinski definition) is 3. The molecule has 0 saturated heterocycles. The molecule has 18 heavy (non-hydrogen) atoms. The van der Waals surface area contributed by atoms with Crippen molar-refractivity contribution in [2.45, 2.75) is 6.92 Å². The minimum Gasteiger partial charge on any atom is -0.457 e. The van der Waals surface area contributed by atoms with Crippen LogP contribution in [0.5, 0.6) is 11.5 Å². The summed E-state index contributed by atoms with van der Waals surface area (Å²) >= 11 is 0. The number of rotatable bonds is 2. The van der Waals surface area contributed by atoms with Crippen molar-refractivity contribution in [2.24, 2.45) is 0 Å². The van der Waals surface area contributed by atoms with Gasteiger partial charge >= 0.3 is 0 Å². The van der Waals surface area contributed by atoms with Gasteiger partial charge in [0.25, 0.3) is 0 Å². The highest BCUT2D eigenvalue weighted by atomic mass is 16.5. The first-order chi connectivity index (χ1) is 8.72. The fourth-order valence-corrected chi connectivity index (χ4v) is 1.93. The summed E-state index contributed by atoms with van der Waals surface area (Å²) in [7, 11) is 0. The third-order valence-electron chi connectivity index (χ3n) is 2.85. The van der Waals surface area contributed by atoms with Crippen molar-refractivity contribution in [1.82, 2.24) is 9.97 Å². The Morgan fingerprint density at radius 3 is 2.83 bits per heavy atom. The minimum absolute atomic E-state index is 0.450. The van der Waals surface area contributed by atoms with Gasteiger partial charge in [-0.1, -0.05) is 0 Å². The molecule has 90 valence electrons. The second-order valence-electron chi connectivity index (χ2n) is 4.20. The lowest BCUT2D eigenvalue weighted by Gasteiger charge is -2.06. The number of nitrogens with one attached hydrogen (secondary N) is 1. The number of H-pyrrole nitrogens is 1. The quantitative estimate of drug-likeness (QED) is 0.721. The highest BCUT2D eigenvalue weighted by molar-refractivity contribution is 5.84. The zero-order valence-corrected chi connectivity index (χ0v) is 9.97.